The largest absolute Gasteiger partial charge is 0.481 e. The Morgan fingerprint density at radius 3 is 2.37 bits per heavy atom. The summed E-state index contributed by atoms with van der Waals surface area (Å²) in [4.78, 5) is 34.6. The van der Waals surface area contributed by atoms with Crippen LogP contribution >= 0.6 is 0 Å². The van der Waals surface area contributed by atoms with E-state index in [2.05, 4.69) is 29.6 Å². The van der Waals surface area contributed by atoms with Crippen LogP contribution < -0.4 is 10.6 Å². The normalized spacial score (nSPS) is 10.6. The zero-order valence-electron chi connectivity index (χ0n) is 15.3. The second-order valence-corrected chi connectivity index (χ2v) is 6.06. The molecule has 2 amide bonds. The molecule has 0 fully saturated rings. The van der Waals surface area contributed by atoms with Gasteiger partial charge in [0.25, 0.3) is 11.8 Å². The predicted octanol–water partition coefficient (Wildman–Crippen LogP) is 3.04. The highest BCUT2D eigenvalue weighted by molar-refractivity contribution is 6.02. The Balaban J connectivity index is 1.95. The van der Waals surface area contributed by atoms with E-state index in [1.807, 2.05) is 0 Å². The molecule has 0 radical (unpaired) electrons. The van der Waals surface area contributed by atoms with Gasteiger partial charge < -0.3 is 20.3 Å². The molecule has 0 spiro atoms. The van der Waals surface area contributed by atoms with E-state index in [0.717, 1.165) is 18.5 Å². The first-order valence-corrected chi connectivity index (χ1v) is 8.82. The van der Waals surface area contributed by atoms with E-state index in [0.29, 0.717) is 11.3 Å². The average Bonchev–Trinajstić information content (AvgIpc) is 3.13. The smallest absolute Gasteiger partial charge is 0.305 e. The minimum atomic E-state index is -0.979. The van der Waals surface area contributed by atoms with Crippen molar-refractivity contribution in [3.05, 3.63) is 47.3 Å². The lowest BCUT2D eigenvalue weighted by Gasteiger charge is -2.06. The molecule has 0 unspecified atom stereocenters. The van der Waals surface area contributed by atoms with Crippen LogP contribution in [0.25, 0.3) is 0 Å². The van der Waals surface area contributed by atoms with Crippen LogP contribution in [-0.2, 0) is 4.79 Å². The number of nitrogens with zero attached hydrogens (tertiary/aromatic N) is 1. The number of rotatable bonds is 9. The lowest BCUT2D eigenvalue weighted by Crippen LogP contribution is -2.25. The Morgan fingerprint density at radius 2 is 1.78 bits per heavy atom. The highest BCUT2D eigenvalue weighted by atomic mass is 16.5. The van der Waals surface area contributed by atoms with Crippen molar-refractivity contribution in [2.75, 3.05) is 11.9 Å². The third kappa shape index (κ3) is 5.67. The molecule has 8 heteroatoms. The SMILES string of the molecule is CCC(CC)c1cc(C(=O)Nc2ccc(C(=O)NCCC(=O)O)cc2)on1. The topological polar surface area (TPSA) is 122 Å². The van der Waals surface area contributed by atoms with Crippen molar-refractivity contribution in [2.45, 2.75) is 39.0 Å². The number of amides is 2. The standard InChI is InChI=1S/C19H23N3O5/c1-3-12(4-2)15-11-16(27-22-15)19(26)21-14-7-5-13(6-8-14)18(25)20-10-9-17(23)24/h5-8,11-12H,3-4,9-10H2,1-2H3,(H,20,25)(H,21,26)(H,23,24). The molecule has 2 aromatic rings. The van der Waals surface area contributed by atoms with Gasteiger partial charge in [-0.1, -0.05) is 19.0 Å². The summed E-state index contributed by atoms with van der Waals surface area (Å²) in [6, 6.07) is 7.91. The quantitative estimate of drug-likeness (QED) is 0.621. The van der Waals surface area contributed by atoms with E-state index in [9.17, 15) is 14.4 Å². The minimum absolute atomic E-state index is 0.0526. The van der Waals surface area contributed by atoms with Crippen molar-refractivity contribution >= 4 is 23.5 Å². The summed E-state index contributed by atoms with van der Waals surface area (Å²) in [6.45, 7) is 4.17. The van der Waals surface area contributed by atoms with E-state index < -0.39 is 11.9 Å². The van der Waals surface area contributed by atoms with Crippen molar-refractivity contribution in [1.82, 2.24) is 10.5 Å². The molecule has 1 aromatic heterocycles. The first kappa shape index (κ1) is 20.2. The van der Waals surface area contributed by atoms with Gasteiger partial charge in [-0.05, 0) is 37.1 Å². The molecule has 144 valence electrons. The second-order valence-electron chi connectivity index (χ2n) is 6.06. The molecular weight excluding hydrogens is 350 g/mol. The van der Waals surface area contributed by atoms with Crippen LogP contribution in [0, 0.1) is 0 Å². The first-order chi connectivity index (χ1) is 12.9. The van der Waals surface area contributed by atoms with Crippen LogP contribution in [0.15, 0.2) is 34.9 Å². The van der Waals surface area contributed by atoms with Crippen molar-refractivity contribution in [1.29, 1.82) is 0 Å². The fraction of sp³-hybridized carbons (Fsp3) is 0.368. The maximum atomic E-state index is 12.3. The number of hydrogen-bond donors (Lipinski definition) is 3. The van der Waals surface area contributed by atoms with Gasteiger partial charge in [-0.3, -0.25) is 14.4 Å². The van der Waals surface area contributed by atoms with Crippen LogP contribution in [0.3, 0.4) is 0 Å². The average molecular weight is 373 g/mol. The molecule has 0 aliphatic rings. The third-order valence-corrected chi connectivity index (χ3v) is 4.19. The summed E-state index contributed by atoms with van der Waals surface area (Å²) in [6.07, 6.45) is 1.69. The molecule has 2 rings (SSSR count). The van der Waals surface area contributed by atoms with Crippen LogP contribution in [0.4, 0.5) is 5.69 Å². The highest BCUT2D eigenvalue weighted by Crippen LogP contribution is 2.22. The summed E-state index contributed by atoms with van der Waals surface area (Å²) < 4.78 is 5.13. The molecule has 27 heavy (non-hydrogen) atoms. The molecule has 1 aromatic carbocycles. The van der Waals surface area contributed by atoms with Crippen LogP contribution in [0.2, 0.25) is 0 Å². The van der Waals surface area contributed by atoms with Crippen LogP contribution in [0.5, 0.6) is 0 Å². The molecule has 1 heterocycles. The van der Waals surface area contributed by atoms with Crippen molar-refractivity contribution in [3.63, 3.8) is 0 Å². The van der Waals surface area contributed by atoms with Gasteiger partial charge in [0.2, 0.25) is 5.76 Å². The summed E-state index contributed by atoms with van der Waals surface area (Å²) in [5, 5.41) is 17.7. The lowest BCUT2D eigenvalue weighted by molar-refractivity contribution is -0.136. The fourth-order valence-corrected chi connectivity index (χ4v) is 2.58. The number of nitrogens with one attached hydrogen (secondary N) is 2. The number of aliphatic carboxylic acids is 1. The Morgan fingerprint density at radius 1 is 1.11 bits per heavy atom. The maximum absolute atomic E-state index is 12.3. The summed E-state index contributed by atoms with van der Waals surface area (Å²) in [7, 11) is 0. The van der Waals surface area contributed by atoms with Gasteiger partial charge >= 0.3 is 5.97 Å². The molecular formula is C19H23N3O5. The number of carbonyl (C=O) groups is 3. The zero-order valence-corrected chi connectivity index (χ0v) is 15.3. The monoisotopic (exact) mass is 373 g/mol. The molecule has 0 bridgehead atoms. The molecule has 0 saturated heterocycles. The van der Waals surface area contributed by atoms with E-state index in [1.165, 1.54) is 0 Å². The van der Waals surface area contributed by atoms with E-state index in [-0.39, 0.29) is 30.6 Å². The number of aromatic nitrogens is 1. The summed E-state index contributed by atoms with van der Waals surface area (Å²) in [5.74, 6) is -1.38. The summed E-state index contributed by atoms with van der Waals surface area (Å²) >= 11 is 0. The van der Waals surface area contributed by atoms with Gasteiger partial charge in [0.15, 0.2) is 0 Å². The molecule has 0 atom stereocenters. The van der Waals surface area contributed by atoms with Crippen LogP contribution in [-0.4, -0.2) is 34.6 Å². The van der Waals surface area contributed by atoms with Gasteiger partial charge in [-0.25, -0.2) is 0 Å². The van der Waals surface area contributed by atoms with Gasteiger partial charge in [-0.15, -0.1) is 0 Å². The Bertz CT molecular complexity index is 794. The van der Waals surface area contributed by atoms with E-state index in [4.69, 9.17) is 9.63 Å². The predicted molar refractivity (Wildman–Crippen MR) is 98.8 cm³/mol. The van der Waals surface area contributed by atoms with Crippen molar-refractivity contribution in [2.24, 2.45) is 0 Å². The van der Waals surface area contributed by atoms with Crippen LogP contribution in [0.1, 0.15) is 65.6 Å². The highest BCUT2D eigenvalue weighted by Gasteiger charge is 2.17. The molecule has 0 saturated carbocycles. The van der Waals surface area contributed by atoms with E-state index >= 15 is 0 Å². The second kappa shape index (κ2) is 9.51. The maximum Gasteiger partial charge on any atom is 0.305 e. The van der Waals surface area contributed by atoms with Crippen molar-refractivity contribution < 1.29 is 24.0 Å². The Hall–Kier alpha value is -3.16. The van der Waals surface area contributed by atoms with Gasteiger partial charge in [0.1, 0.15) is 0 Å². The third-order valence-electron chi connectivity index (χ3n) is 4.19. The van der Waals surface area contributed by atoms with Gasteiger partial charge in [-0.2, -0.15) is 0 Å². The first-order valence-electron chi connectivity index (χ1n) is 8.82. The minimum Gasteiger partial charge on any atom is -0.481 e. The number of carboxylic acids is 1. The Labute approximate surface area is 156 Å². The van der Waals surface area contributed by atoms with Crippen molar-refractivity contribution in [3.8, 4) is 0 Å². The van der Waals surface area contributed by atoms with Gasteiger partial charge in [0, 0.05) is 29.8 Å². The zero-order chi connectivity index (χ0) is 19.8. The van der Waals surface area contributed by atoms with E-state index in [1.54, 1.807) is 30.3 Å². The number of anilines is 1. The molecule has 3 N–H and O–H groups in total. The fourth-order valence-electron chi connectivity index (χ4n) is 2.58. The summed E-state index contributed by atoms with van der Waals surface area (Å²) in [5.41, 5.74) is 1.63. The molecule has 0 aliphatic carbocycles. The van der Waals surface area contributed by atoms with Gasteiger partial charge in [0.05, 0.1) is 12.1 Å². The number of hydrogen-bond acceptors (Lipinski definition) is 5. The Kier molecular flexibility index (Phi) is 7.10. The molecule has 0 aliphatic heterocycles. The number of benzene rings is 1. The molecule has 8 nitrogen and oxygen atoms in total. The number of carboxylic acid groups (broad SMARTS) is 1. The lowest BCUT2D eigenvalue weighted by atomic mass is 9.99. The number of carbonyl (C=O) groups excluding carboxylic acids is 2.